The minimum atomic E-state index is -3.96. The van der Waals surface area contributed by atoms with E-state index in [1.807, 2.05) is 6.92 Å². The molecule has 1 rings (SSSR count). The van der Waals surface area contributed by atoms with Crippen LogP contribution in [0.5, 0.6) is 0 Å². The topological polar surface area (TPSA) is 61.8 Å². The number of hydrogen-bond donors (Lipinski definition) is 0. The molecular weight excluding hydrogens is 308 g/mol. The molecule has 19 heavy (non-hydrogen) atoms. The van der Waals surface area contributed by atoms with Crippen LogP contribution >= 0.6 is 10.7 Å². The standard InChI is InChI=1S/C11H17ClO5SSi/c1-4-19(15-2,16-3)17-11(18(12,13)14)10-8-6-5-7-9-10/h5-9,11H,4H2,1-3H3. The Kier molecular flexibility index (Phi) is 5.97. The summed E-state index contributed by atoms with van der Waals surface area (Å²) < 4.78 is 39.5. The first-order valence-corrected chi connectivity index (χ1v) is 9.95. The quantitative estimate of drug-likeness (QED) is 0.569. The summed E-state index contributed by atoms with van der Waals surface area (Å²) in [6, 6.07) is 8.90. The fourth-order valence-electron chi connectivity index (χ4n) is 1.61. The second-order valence-electron chi connectivity index (χ2n) is 3.78. The Labute approximate surface area is 119 Å². The van der Waals surface area contributed by atoms with E-state index in [1.54, 1.807) is 30.3 Å². The summed E-state index contributed by atoms with van der Waals surface area (Å²) in [6.07, 6.45) is 0. The average molecular weight is 325 g/mol. The van der Waals surface area contributed by atoms with E-state index in [1.165, 1.54) is 14.2 Å². The molecule has 0 N–H and O–H groups in total. The Morgan fingerprint density at radius 1 is 1.21 bits per heavy atom. The highest BCUT2D eigenvalue weighted by molar-refractivity contribution is 8.13. The lowest BCUT2D eigenvalue weighted by molar-refractivity contribution is 0.0860. The Morgan fingerprint density at radius 2 is 1.74 bits per heavy atom. The van der Waals surface area contributed by atoms with Gasteiger partial charge in [0.05, 0.1) is 0 Å². The number of benzene rings is 1. The molecular formula is C11H17ClO5SSi. The van der Waals surface area contributed by atoms with Crippen molar-refractivity contribution in [3.05, 3.63) is 35.9 Å². The SMILES string of the molecule is CC[Si](OC)(OC)OC(c1ccccc1)S(=O)(=O)Cl. The van der Waals surface area contributed by atoms with E-state index in [0.717, 1.165) is 0 Å². The van der Waals surface area contributed by atoms with Crippen molar-refractivity contribution in [2.75, 3.05) is 14.2 Å². The average Bonchev–Trinajstić information content (AvgIpc) is 2.41. The van der Waals surface area contributed by atoms with Crippen molar-refractivity contribution >= 4 is 28.5 Å². The van der Waals surface area contributed by atoms with Crippen LogP contribution in [0.2, 0.25) is 6.04 Å². The summed E-state index contributed by atoms with van der Waals surface area (Å²) >= 11 is 0. The van der Waals surface area contributed by atoms with E-state index in [0.29, 0.717) is 11.6 Å². The molecule has 1 aromatic carbocycles. The van der Waals surface area contributed by atoms with Crippen molar-refractivity contribution in [3.8, 4) is 0 Å². The molecule has 0 fully saturated rings. The van der Waals surface area contributed by atoms with Crippen LogP contribution in [-0.4, -0.2) is 31.4 Å². The second kappa shape index (κ2) is 6.82. The zero-order valence-corrected chi connectivity index (χ0v) is 13.6. The summed E-state index contributed by atoms with van der Waals surface area (Å²) in [6.45, 7) is 1.81. The van der Waals surface area contributed by atoms with Crippen LogP contribution in [-0.2, 0) is 22.3 Å². The van der Waals surface area contributed by atoms with Gasteiger partial charge in [0.2, 0.25) is 0 Å². The van der Waals surface area contributed by atoms with Gasteiger partial charge in [-0.05, 0) is 5.56 Å². The van der Waals surface area contributed by atoms with Crippen LogP contribution < -0.4 is 0 Å². The summed E-state index contributed by atoms with van der Waals surface area (Å²) in [4.78, 5) is 0. The van der Waals surface area contributed by atoms with Gasteiger partial charge in [0.1, 0.15) is 0 Å². The molecule has 0 radical (unpaired) electrons. The van der Waals surface area contributed by atoms with E-state index >= 15 is 0 Å². The minimum Gasteiger partial charge on any atom is -0.377 e. The molecule has 0 amide bonds. The molecule has 0 saturated carbocycles. The molecule has 0 aliphatic rings. The van der Waals surface area contributed by atoms with Crippen LogP contribution in [0.3, 0.4) is 0 Å². The zero-order chi connectivity index (χ0) is 14.5. The lowest BCUT2D eigenvalue weighted by atomic mass is 10.2. The first-order valence-electron chi connectivity index (χ1n) is 5.65. The van der Waals surface area contributed by atoms with Crippen molar-refractivity contribution in [2.24, 2.45) is 0 Å². The molecule has 1 aromatic rings. The van der Waals surface area contributed by atoms with Gasteiger partial charge < -0.3 is 13.3 Å². The molecule has 0 heterocycles. The third-order valence-electron chi connectivity index (χ3n) is 2.67. The first-order chi connectivity index (χ1) is 8.88. The Hall–Kier alpha value is -0.443. The largest absolute Gasteiger partial charge is 0.501 e. The van der Waals surface area contributed by atoms with Gasteiger partial charge in [-0.25, -0.2) is 8.42 Å². The Balaban J connectivity index is 3.14. The first kappa shape index (κ1) is 16.6. The maximum absolute atomic E-state index is 11.7. The van der Waals surface area contributed by atoms with Gasteiger partial charge in [0.15, 0.2) is 5.44 Å². The summed E-state index contributed by atoms with van der Waals surface area (Å²) in [5.41, 5.74) is -0.862. The summed E-state index contributed by atoms with van der Waals surface area (Å²) in [7, 11) is 1.34. The van der Waals surface area contributed by atoms with Crippen LogP contribution in [0.25, 0.3) is 0 Å². The lowest BCUT2D eigenvalue weighted by Gasteiger charge is -2.29. The van der Waals surface area contributed by atoms with Gasteiger partial charge in [0.25, 0.3) is 9.05 Å². The highest BCUT2D eigenvalue weighted by Gasteiger charge is 2.43. The lowest BCUT2D eigenvalue weighted by Crippen LogP contribution is -2.44. The molecule has 5 nitrogen and oxygen atoms in total. The smallest absolute Gasteiger partial charge is 0.377 e. The van der Waals surface area contributed by atoms with Crippen molar-refractivity contribution in [1.82, 2.24) is 0 Å². The molecule has 108 valence electrons. The van der Waals surface area contributed by atoms with Gasteiger partial charge >= 0.3 is 8.80 Å². The van der Waals surface area contributed by atoms with Crippen LogP contribution in [0, 0.1) is 0 Å². The normalized spacial score (nSPS) is 14.3. The van der Waals surface area contributed by atoms with Gasteiger partial charge in [-0.2, -0.15) is 0 Å². The number of rotatable bonds is 7. The molecule has 1 atom stereocenters. The number of hydrogen-bond acceptors (Lipinski definition) is 5. The third-order valence-corrected chi connectivity index (χ3v) is 6.91. The fourth-order valence-corrected chi connectivity index (χ4v) is 5.20. The van der Waals surface area contributed by atoms with Crippen LogP contribution in [0.15, 0.2) is 30.3 Å². The van der Waals surface area contributed by atoms with E-state index < -0.39 is 23.3 Å². The minimum absolute atomic E-state index is 0.440. The van der Waals surface area contributed by atoms with Crippen molar-refractivity contribution in [3.63, 3.8) is 0 Å². The van der Waals surface area contributed by atoms with Gasteiger partial charge in [-0.1, -0.05) is 37.3 Å². The molecule has 0 spiro atoms. The Morgan fingerprint density at radius 3 is 2.11 bits per heavy atom. The maximum atomic E-state index is 11.7. The van der Waals surface area contributed by atoms with Crippen molar-refractivity contribution < 1.29 is 21.7 Å². The van der Waals surface area contributed by atoms with Crippen molar-refractivity contribution in [2.45, 2.75) is 18.4 Å². The molecule has 0 aliphatic heterocycles. The predicted molar refractivity (Wildman–Crippen MR) is 75.3 cm³/mol. The second-order valence-corrected chi connectivity index (χ2v) is 9.58. The van der Waals surface area contributed by atoms with Gasteiger partial charge in [-0.15, -0.1) is 0 Å². The maximum Gasteiger partial charge on any atom is 0.501 e. The van der Waals surface area contributed by atoms with Crippen LogP contribution in [0.1, 0.15) is 17.9 Å². The molecule has 0 saturated heterocycles. The molecule has 8 heteroatoms. The van der Waals surface area contributed by atoms with Gasteiger partial charge in [-0.3, -0.25) is 0 Å². The fraction of sp³-hybridized carbons (Fsp3) is 0.455. The van der Waals surface area contributed by atoms with E-state index in [2.05, 4.69) is 0 Å². The third kappa shape index (κ3) is 4.27. The van der Waals surface area contributed by atoms with E-state index in [9.17, 15) is 8.42 Å². The molecule has 0 aromatic heterocycles. The Bertz CT molecular complexity index is 481. The molecule has 0 aliphatic carbocycles. The highest BCUT2D eigenvalue weighted by Crippen LogP contribution is 2.31. The van der Waals surface area contributed by atoms with Gasteiger partial charge in [0, 0.05) is 30.9 Å². The predicted octanol–water partition coefficient (Wildman–Crippen LogP) is 2.52. The monoisotopic (exact) mass is 324 g/mol. The highest BCUT2D eigenvalue weighted by atomic mass is 35.7. The van der Waals surface area contributed by atoms with E-state index in [4.69, 9.17) is 24.0 Å². The van der Waals surface area contributed by atoms with Crippen LogP contribution in [0.4, 0.5) is 0 Å². The summed E-state index contributed by atoms with van der Waals surface area (Å²) in [5.74, 6) is 0. The molecule has 1 unspecified atom stereocenters. The number of halogens is 1. The van der Waals surface area contributed by atoms with E-state index in [-0.39, 0.29) is 0 Å². The molecule has 0 bridgehead atoms. The zero-order valence-electron chi connectivity index (χ0n) is 11.0. The summed E-state index contributed by atoms with van der Waals surface area (Å²) in [5, 5.41) is 0. The van der Waals surface area contributed by atoms with Crippen molar-refractivity contribution in [1.29, 1.82) is 0 Å².